The van der Waals surface area contributed by atoms with Crippen molar-refractivity contribution < 1.29 is 9.84 Å². The normalized spacial score (nSPS) is 13.6. The first-order valence-corrected chi connectivity index (χ1v) is 9.20. The molecule has 1 aromatic carbocycles. The van der Waals surface area contributed by atoms with Gasteiger partial charge in [-0.3, -0.25) is 4.99 Å². The quantitative estimate of drug-likeness (QED) is 0.597. The van der Waals surface area contributed by atoms with E-state index in [1.165, 1.54) is 51.4 Å². The fourth-order valence-electron chi connectivity index (χ4n) is 3.33. The van der Waals surface area contributed by atoms with Crippen LogP contribution in [0.15, 0.2) is 17.1 Å². The highest BCUT2D eigenvalue weighted by Crippen LogP contribution is 2.35. The number of nitrogens with zero attached hydrogens (tertiary/aromatic N) is 1. The van der Waals surface area contributed by atoms with Crippen molar-refractivity contribution in [3.63, 3.8) is 0 Å². The Balaban J connectivity index is 1.79. The van der Waals surface area contributed by atoms with Crippen molar-refractivity contribution in [3.05, 3.63) is 23.3 Å². The van der Waals surface area contributed by atoms with E-state index in [2.05, 4.69) is 13.0 Å². The number of phenolic OH excluding ortho intramolecular Hbond substituents is 1. The summed E-state index contributed by atoms with van der Waals surface area (Å²) in [5, 5.41) is 10.3. The van der Waals surface area contributed by atoms with Gasteiger partial charge in [0.1, 0.15) is 0 Å². The van der Waals surface area contributed by atoms with Crippen molar-refractivity contribution in [3.8, 4) is 11.5 Å². The molecule has 0 fully saturated rings. The number of ether oxygens (including phenoxy) is 1. The average molecular weight is 317 g/mol. The smallest absolute Gasteiger partial charge is 0.161 e. The molecule has 0 aromatic heterocycles. The number of methoxy groups -OCH3 is 1. The van der Waals surface area contributed by atoms with Crippen LogP contribution < -0.4 is 4.74 Å². The first kappa shape index (κ1) is 17.8. The molecule has 0 radical (unpaired) electrons. The molecule has 0 saturated carbocycles. The lowest BCUT2D eigenvalue weighted by Gasteiger charge is -2.19. The van der Waals surface area contributed by atoms with E-state index in [-0.39, 0.29) is 0 Å². The molecule has 1 aromatic rings. The Bertz CT molecular complexity index is 523. The van der Waals surface area contributed by atoms with E-state index in [4.69, 9.17) is 9.73 Å². The molecule has 1 heterocycles. The summed E-state index contributed by atoms with van der Waals surface area (Å²) in [7, 11) is 1.60. The number of hydrogen-bond donors (Lipinski definition) is 1. The lowest BCUT2D eigenvalue weighted by Crippen LogP contribution is -2.13. The van der Waals surface area contributed by atoms with E-state index >= 15 is 0 Å². The number of aromatic hydroxyl groups is 1. The highest BCUT2D eigenvalue weighted by molar-refractivity contribution is 6.03. The van der Waals surface area contributed by atoms with Crippen molar-refractivity contribution in [2.45, 2.75) is 71.1 Å². The van der Waals surface area contributed by atoms with Crippen LogP contribution in [0.25, 0.3) is 0 Å². The van der Waals surface area contributed by atoms with Crippen LogP contribution in [0.2, 0.25) is 0 Å². The molecule has 0 unspecified atom stereocenters. The minimum atomic E-state index is 0.299. The van der Waals surface area contributed by atoms with Crippen LogP contribution in [0.5, 0.6) is 11.5 Å². The molecule has 1 aliphatic rings. The molecule has 0 amide bonds. The first-order chi connectivity index (χ1) is 11.3. The summed E-state index contributed by atoms with van der Waals surface area (Å²) in [6.45, 7) is 3.04. The number of hydrogen-bond acceptors (Lipinski definition) is 3. The first-order valence-electron chi connectivity index (χ1n) is 9.20. The van der Waals surface area contributed by atoms with Gasteiger partial charge in [-0.15, -0.1) is 0 Å². The average Bonchev–Trinajstić information content (AvgIpc) is 2.58. The molecular formula is C20H31NO2. The summed E-state index contributed by atoms with van der Waals surface area (Å²) in [6, 6.07) is 3.90. The molecule has 23 heavy (non-hydrogen) atoms. The van der Waals surface area contributed by atoms with E-state index in [9.17, 15) is 5.11 Å². The van der Waals surface area contributed by atoms with Gasteiger partial charge in [-0.1, -0.05) is 51.9 Å². The maximum Gasteiger partial charge on any atom is 0.161 e. The number of unbranched alkanes of at least 4 members (excludes halogenated alkanes) is 7. The van der Waals surface area contributed by atoms with Gasteiger partial charge in [-0.25, -0.2) is 0 Å². The summed E-state index contributed by atoms with van der Waals surface area (Å²) >= 11 is 0. The highest BCUT2D eigenvalue weighted by Gasteiger charge is 2.19. The number of fused-ring (bicyclic) bond motifs is 1. The zero-order valence-corrected chi connectivity index (χ0v) is 14.7. The van der Waals surface area contributed by atoms with Gasteiger partial charge in [0, 0.05) is 23.4 Å². The zero-order valence-electron chi connectivity index (χ0n) is 14.7. The van der Waals surface area contributed by atoms with E-state index < -0.39 is 0 Å². The Labute approximate surface area is 140 Å². The third kappa shape index (κ3) is 4.98. The van der Waals surface area contributed by atoms with Gasteiger partial charge < -0.3 is 9.84 Å². The highest BCUT2D eigenvalue weighted by atomic mass is 16.5. The summed E-state index contributed by atoms with van der Waals surface area (Å²) in [5.74, 6) is 0.866. The molecular weight excluding hydrogens is 286 g/mol. The van der Waals surface area contributed by atoms with E-state index in [0.717, 1.165) is 36.2 Å². The SMILES string of the molecule is CCCCCCCCCCC1=NCCc2c1ccc(OC)c2O. The van der Waals surface area contributed by atoms with Gasteiger partial charge in [0.2, 0.25) is 0 Å². The van der Waals surface area contributed by atoms with Crippen LogP contribution in [0.1, 0.15) is 75.8 Å². The molecule has 3 heteroatoms. The maximum absolute atomic E-state index is 10.3. The van der Waals surface area contributed by atoms with Gasteiger partial charge in [-0.2, -0.15) is 0 Å². The Hall–Kier alpha value is -1.51. The van der Waals surface area contributed by atoms with Gasteiger partial charge >= 0.3 is 0 Å². The van der Waals surface area contributed by atoms with Gasteiger partial charge in [0.15, 0.2) is 11.5 Å². The minimum Gasteiger partial charge on any atom is -0.504 e. The van der Waals surface area contributed by atoms with Crippen LogP contribution in [-0.2, 0) is 6.42 Å². The zero-order chi connectivity index (χ0) is 16.5. The second-order valence-electron chi connectivity index (χ2n) is 6.45. The Morgan fingerprint density at radius 3 is 2.43 bits per heavy atom. The summed E-state index contributed by atoms with van der Waals surface area (Å²) in [4.78, 5) is 4.69. The number of rotatable bonds is 10. The molecule has 2 rings (SSSR count). The van der Waals surface area contributed by atoms with Crippen molar-refractivity contribution in [1.82, 2.24) is 0 Å². The molecule has 0 aliphatic carbocycles. The number of phenols is 1. The minimum absolute atomic E-state index is 0.299. The predicted molar refractivity (Wildman–Crippen MR) is 97.0 cm³/mol. The van der Waals surface area contributed by atoms with Crippen LogP contribution >= 0.6 is 0 Å². The van der Waals surface area contributed by atoms with Crippen LogP contribution in [0, 0.1) is 0 Å². The Kier molecular flexibility index (Phi) is 7.44. The summed E-state index contributed by atoms with van der Waals surface area (Å²) in [6.07, 6.45) is 12.5. The molecule has 0 bridgehead atoms. The number of aliphatic imine (C=N–C) groups is 1. The van der Waals surface area contributed by atoms with Crippen molar-refractivity contribution in [2.24, 2.45) is 4.99 Å². The topological polar surface area (TPSA) is 41.8 Å². The second kappa shape index (κ2) is 9.59. The van der Waals surface area contributed by atoms with Crippen molar-refractivity contribution in [1.29, 1.82) is 0 Å². The second-order valence-corrected chi connectivity index (χ2v) is 6.45. The lowest BCUT2D eigenvalue weighted by atomic mass is 9.93. The largest absolute Gasteiger partial charge is 0.504 e. The lowest BCUT2D eigenvalue weighted by molar-refractivity contribution is 0.370. The van der Waals surface area contributed by atoms with Gasteiger partial charge in [0.25, 0.3) is 0 Å². The molecule has 0 spiro atoms. The van der Waals surface area contributed by atoms with E-state index in [0.29, 0.717) is 11.5 Å². The third-order valence-electron chi connectivity index (χ3n) is 4.71. The fraction of sp³-hybridized carbons (Fsp3) is 0.650. The fourth-order valence-corrected chi connectivity index (χ4v) is 3.33. The molecule has 128 valence electrons. The number of benzene rings is 1. The van der Waals surface area contributed by atoms with Crippen molar-refractivity contribution >= 4 is 5.71 Å². The van der Waals surface area contributed by atoms with Crippen LogP contribution in [0.3, 0.4) is 0 Å². The van der Waals surface area contributed by atoms with Crippen molar-refractivity contribution in [2.75, 3.05) is 13.7 Å². The summed E-state index contributed by atoms with van der Waals surface area (Å²) in [5.41, 5.74) is 3.29. The van der Waals surface area contributed by atoms with Crippen LogP contribution in [-0.4, -0.2) is 24.5 Å². The monoisotopic (exact) mass is 317 g/mol. The van der Waals surface area contributed by atoms with Gasteiger partial charge in [0.05, 0.1) is 7.11 Å². The molecule has 3 nitrogen and oxygen atoms in total. The molecule has 0 saturated heterocycles. The molecule has 0 atom stereocenters. The van der Waals surface area contributed by atoms with E-state index in [1.54, 1.807) is 7.11 Å². The van der Waals surface area contributed by atoms with E-state index in [1.807, 2.05) is 6.07 Å². The van der Waals surface area contributed by atoms with Gasteiger partial charge in [-0.05, 0) is 31.4 Å². The third-order valence-corrected chi connectivity index (χ3v) is 4.71. The standard InChI is InChI=1S/C20H31NO2/c1-3-4-5-6-7-8-9-10-11-18-16-12-13-19(23-2)20(22)17(16)14-15-21-18/h12-13,22H,3-11,14-15H2,1-2H3. The summed E-state index contributed by atoms with van der Waals surface area (Å²) < 4.78 is 5.21. The Morgan fingerprint density at radius 2 is 1.74 bits per heavy atom. The molecule has 1 N–H and O–H groups in total. The Morgan fingerprint density at radius 1 is 1.04 bits per heavy atom. The van der Waals surface area contributed by atoms with Crippen LogP contribution in [0.4, 0.5) is 0 Å². The molecule has 1 aliphatic heterocycles. The predicted octanol–water partition coefficient (Wildman–Crippen LogP) is 5.28. The maximum atomic E-state index is 10.3.